The van der Waals surface area contributed by atoms with Gasteiger partial charge < -0.3 is 14.6 Å². The third-order valence-corrected chi connectivity index (χ3v) is 3.68. The standard InChI is InChI=1S/C21H22O4/c1-4-16(5-2)13-25-20-12-18(11-19(23)21(20)15(3)22)24-14-17-9-7-6-8-10-17/h4-12,23H,1,13-14H2,2-3H3/b16-5+. The van der Waals surface area contributed by atoms with E-state index in [1.807, 2.05) is 43.3 Å². The first-order chi connectivity index (χ1) is 12.0. The summed E-state index contributed by atoms with van der Waals surface area (Å²) in [6.07, 6.45) is 3.55. The highest BCUT2D eigenvalue weighted by atomic mass is 16.5. The Morgan fingerprint density at radius 2 is 1.92 bits per heavy atom. The number of benzene rings is 2. The molecule has 2 aromatic carbocycles. The molecule has 4 nitrogen and oxygen atoms in total. The van der Waals surface area contributed by atoms with Crippen LogP contribution < -0.4 is 9.47 Å². The number of Topliss-reactive ketones (excluding diaryl/α,β-unsaturated/α-hetero) is 1. The highest BCUT2D eigenvalue weighted by Crippen LogP contribution is 2.34. The van der Waals surface area contributed by atoms with Crippen LogP contribution in [0.1, 0.15) is 29.8 Å². The van der Waals surface area contributed by atoms with Gasteiger partial charge in [0.25, 0.3) is 0 Å². The zero-order valence-corrected chi connectivity index (χ0v) is 14.5. The summed E-state index contributed by atoms with van der Waals surface area (Å²) in [7, 11) is 0. The molecular weight excluding hydrogens is 316 g/mol. The Hall–Kier alpha value is -3.01. The Labute approximate surface area is 148 Å². The number of aromatic hydroxyl groups is 1. The molecule has 0 fully saturated rings. The van der Waals surface area contributed by atoms with Crippen LogP contribution in [0.25, 0.3) is 0 Å². The summed E-state index contributed by atoms with van der Waals surface area (Å²) in [5.41, 5.74) is 2.03. The van der Waals surface area contributed by atoms with Crippen LogP contribution in [0.5, 0.6) is 17.2 Å². The Kier molecular flexibility index (Phi) is 6.40. The van der Waals surface area contributed by atoms with Crippen molar-refractivity contribution in [2.24, 2.45) is 0 Å². The van der Waals surface area contributed by atoms with Gasteiger partial charge in [-0.2, -0.15) is 0 Å². The van der Waals surface area contributed by atoms with Gasteiger partial charge >= 0.3 is 0 Å². The van der Waals surface area contributed by atoms with Crippen LogP contribution in [0, 0.1) is 0 Å². The average molecular weight is 338 g/mol. The number of phenolic OH excluding ortho intramolecular Hbond substituents is 1. The highest BCUT2D eigenvalue weighted by Gasteiger charge is 2.17. The lowest BCUT2D eigenvalue weighted by Crippen LogP contribution is -2.05. The van der Waals surface area contributed by atoms with Gasteiger partial charge in [-0.15, -0.1) is 0 Å². The van der Waals surface area contributed by atoms with E-state index in [0.29, 0.717) is 12.4 Å². The molecule has 0 aliphatic rings. The predicted octanol–water partition coefficient (Wildman–Crippen LogP) is 4.68. The number of rotatable bonds is 8. The number of hydrogen-bond acceptors (Lipinski definition) is 4. The number of carbonyl (C=O) groups is 1. The third-order valence-electron chi connectivity index (χ3n) is 3.68. The Morgan fingerprint density at radius 1 is 1.20 bits per heavy atom. The predicted molar refractivity (Wildman–Crippen MR) is 98.3 cm³/mol. The van der Waals surface area contributed by atoms with E-state index in [9.17, 15) is 9.90 Å². The van der Waals surface area contributed by atoms with E-state index in [1.165, 1.54) is 13.0 Å². The smallest absolute Gasteiger partial charge is 0.167 e. The molecule has 0 bridgehead atoms. The zero-order chi connectivity index (χ0) is 18.2. The van der Waals surface area contributed by atoms with Crippen LogP contribution in [0.2, 0.25) is 0 Å². The van der Waals surface area contributed by atoms with Gasteiger partial charge in [0, 0.05) is 12.1 Å². The molecule has 25 heavy (non-hydrogen) atoms. The Bertz CT molecular complexity index is 776. The van der Waals surface area contributed by atoms with Crippen molar-refractivity contribution in [2.75, 3.05) is 6.61 Å². The first kappa shape index (κ1) is 18.3. The topological polar surface area (TPSA) is 55.8 Å². The van der Waals surface area contributed by atoms with Crippen molar-refractivity contribution in [3.05, 3.63) is 77.9 Å². The molecule has 0 saturated heterocycles. The second-order valence-corrected chi connectivity index (χ2v) is 5.50. The second-order valence-electron chi connectivity index (χ2n) is 5.50. The van der Waals surface area contributed by atoms with E-state index in [2.05, 4.69) is 6.58 Å². The van der Waals surface area contributed by atoms with Crippen molar-refractivity contribution in [3.8, 4) is 17.2 Å². The fraction of sp³-hybridized carbons (Fsp3) is 0.190. The van der Waals surface area contributed by atoms with Gasteiger partial charge in [0.15, 0.2) is 5.78 Å². The van der Waals surface area contributed by atoms with Gasteiger partial charge in [0.1, 0.15) is 36.0 Å². The average Bonchev–Trinajstić information content (AvgIpc) is 2.61. The van der Waals surface area contributed by atoms with Gasteiger partial charge in [-0.3, -0.25) is 4.79 Å². The molecule has 0 heterocycles. The molecule has 1 N–H and O–H groups in total. The van der Waals surface area contributed by atoms with Crippen LogP contribution >= 0.6 is 0 Å². The summed E-state index contributed by atoms with van der Waals surface area (Å²) in [6, 6.07) is 12.7. The summed E-state index contributed by atoms with van der Waals surface area (Å²) in [6.45, 7) is 7.58. The number of hydrogen-bond donors (Lipinski definition) is 1. The van der Waals surface area contributed by atoms with Gasteiger partial charge in [-0.25, -0.2) is 0 Å². The lowest BCUT2D eigenvalue weighted by atomic mass is 10.1. The maximum absolute atomic E-state index is 11.8. The first-order valence-electron chi connectivity index (χ1n) is 8.00. The van der Waals surface area contributed by atoms with Gasteiger partial charge in [-0.05, 0) is 25.0 Å². The minimum Gasteiger partial charge on any atom is -0.507 e. The first-order valence-corrected chi connectivity index (χ1v) is 8.00. The van der Waals surface area contributed by atoms with Gasteiger partial charge in [0.2, 0.25) is 0 Å². The van der Waals surface area contributed by atoms with Crippen LogP contribution in [-0.2, 0) is 6.61 Å². The Morgan fingerprint density at radius 3 is 2.52 bits per heavy atom. The molecule has 0 radical (unpaired) electrons. The third kappa shape index (κ3) is 4.98. The quantitative estimate of drug-likeness (QED) is 0.560. The number of ether oxygens (including phenoxy) is 2. The fourth-order valence-electron chi connectivity index (χ4n) is 2.29. The molecule has 4 heteroatoms. The molecule has 0 atom stereocenters. The van der Waals surface area contributed by atoms with Gasteiger partial charge in [-0.1, -0.05) is 49.1 Å². The number of ketones is 1. The van der Waals surface area contributed by atoms with E-state index >= 15 is 0 Å². The number of carbonyl (C=O) groups excluding carboxylic acids is 1. The van der Waals surface area contributed by atoms with E-state index in [4.69, 9.17) is 9.47 Å². The SMILES string of the molecule is C=C/C(=C\C)COc1cc(OCc2ccccc2)cc(O)c1C(C)=O. The van der Waals surface area contributed by atoms with Crippen molar-refractivity contribution in [3.63, 3.8) is 0 Å². The summed E-state index contributed by atoms with van der Waals surface area (Å²) >= 11 is 0. The summed E-state index contributed by atoms with van der Waals surface area (Å²) in [4.78, 5) is 11.8. The molecule has 2 rings (SSSR count). The van der Waals surface area contributed by atoms with Crippen LogP contribution in [0.15, 0.2) is 66.8 Å². The van der Waals surface area contributed by atoms with E-state index in [0.717, 1.165) is 11.1 Å². The summed E-state index contributed by atoms with van der Waals surface area (Å²) in [5.74, 6) is 0.287. The maximum atomic E-state index is 11.8. The van der Waals surface area contributed by atoms with Crippen molar-refractivity contribution in [2.45, 2.75) is 20.5 Å². The van der Waals surface area contributed by atoms with Crippen molar-refractivity contribution in [1.29, 1.82) is 0 Å². The number of allylic oxidation sites excluding steroid dienone is 1. The molecule has 0 saturated carbocycles. The van der Waals surface area contributed by atoms with Crippen molar-refractivity contribution >= 4 is 5.78 Å². The second kappa shape index (κ2) is 8.73. The monoisotopic (exact) mass is 338 g/mol. The molecule has 0 unspecified atom stereocenters. The molecule has 0 aliphatic carbocycles. The van der Waals surface area contributed by atoms with E-state index in [-0.39, 0.29) is 29.5 Å². The van der Waals surface area contributed by atoms with Crippen molar-refractivity contribution in [1.82, 2.24) is 0 Å². The summed E-state index contributed by atoms with van der Waals surface area (Å²) < 4.78 is 11.4. The normalized spacial score (nSPS) is 11.0. The number of phenols is 1. The maximum Gasteiger partial charge on any atom is 0.167 e. The molecule has 0 amide bonds. The Balaban J connectivity index is 2.24. The largest absolute Gasteiger partial charge is 0.507 e. The minimum absolute atomic E-state index is 0.145. The molecular formula is C21H22O4. The molecule has 0 aromatic heterocycles. The van der Waals surface area contributed by atoms with Crippen LogP contribution in [-0.4, -0.2) is 17.5 Å². The van der Waals surface area contributed by atoms with Crippen LogP contribution in [0.3, 0.4) is 0 Å². The summed E-state index contributed by atoms with van der Waals surface area (Å²) in [5, 5.41) is 10.2. The molecule has 130 valence electrons. The lowest BCUT2D eigenvalue weighted by Gasteiger charge is -2.14. The highest BCUT2D eigenvalue weighted by molar-refractivity contribution is 5.99. The fourth-order valence-corrected chi connectivity index (χ4v) is 2.29. The van der Waals surface area contributed by atoms with Crippen molar-refractivity contribution < 1.29 is 19.4 Å². The zero-order valence-electron chi connectivity index (χ0n) is 14.5. The lowest BCUT2D eigenvalue weighted by molar-refractivity contribution is 0.101. The van der Waals surface area contributed by atoms with Crippen LogP contribution in [0.4, 0.5) is 0 Å². The van der Waals surface area contributed by atoms with Gasteiger partial charge in [0.05, 0.1) is 0 Å². The van der Waals surface area contributed by atoms with E-state index < -0.39 is 0 Å². The molecule has 2 aromatic rings. The molecule has 0 spiro atoms. The minimum atomic E-state index is -0.275. The van der Waals surface area contributed by atoms with E-state index in [1.54, 1.807) is 12.1 Å². The molecule has 0 aliphatic heterocycles.